The fourth-order valence-electron chi connectivity index (χ4n) is 4.15. The van der Waals surface area contributed by atoms with Crippen molar-refractivity contribution in [2.24, 2.45) is 0 Å². The Morgan fingerprint density at radius 2 is 1.48 bits per heavy atom. The second-order valence-electron chi connectivity index (χ2n) is 8.24. The summed E-state index contributed by atoms with van der Waals surface area (Å²) < 4.78 is 0. The van der Waals surface area contributed by atoms with Crippen LogP contribution < -0.4 is 4.90 Å². The first-order valence-electron chi connectivity index (χ1n) is 11.5. The number of nitrogens with zero attached hydrogens (tertiary/aromatic N) is 3. The van der Waals surface area contributed by atoms with Gasteiger partial charge in [0.25, 0.3) is 11.8 Å². The van der Waals surface area contributed by atoms with Gasteiger partial charge in [0.1, 0.15) is 5.70 Å². The van der Waals surface area contributed by atoms with E-state index in [1.54, 1.807) is 12.4 Å². The molecule has 168 valence electrons. The number of amides is 2. The Morgan fingerprint density at radius 3 is 2.09 bits per heavy atom. The van der Waals surface area contributed by atoms with E-state index in [-0.39, 0.29) is 11.8 Å². The van der Waals surface area contributed by atoms with Crippen molar-refractivity contribution >= 4 is 23.1 Å². The van der Waals surface area contributed by atoms with Crippen molar-refractivity contribution < 1.29 is 9.59 Å². The number of imide groups is 1. The zero-order valence-corrected chi connectivity index (χ0v) is 19.4. The van der Waals surface area contributed by atoms with E-state index >= 15 is 0 Å². The molecule has 5 heteroatoms. The van der Waals surface area contributed by atoms with Gasteiger partial charge < -0.3 is 4.90 Å². The van der Waals surface area contributed by atoms with E-state index in [0.717, 1.165) is 35.1 Å². The lowest BCUT2D eigenvalue weighted by molar-refractivity contribution is -0.120. The molecule has 4 rings (SSSR count). The molecule has 2 heterocycles. The Morgan fingerprint density at radius 1 is 0.818 bits per heavy atom. The van der Waals surface area contributed by atoms with Gasteiger partial charge in [-0.3, -0.25) is 14.6 Å². The summed E-state index contributed by atoms with van der Waals surface area (Å²) in [7, 11) is 0. The predicted octanol–water partition coefficient (Wildman–Crippen LogP) is 4.80. The quantitative estimate of drug-likeness (QED) is 0.473. The van der Waals surface area contributed by atoms with Crippen LogP contribution in [0.1, 0.15) is 36.1 Å². The van der Waals surface area contributed by atoms with Crippen LogP contribution in [0.3, 0.4) is 0 Å². The van der Waals surface area contributed by atoms with Crippen molar-refractivity contribution in [3.05, 3.63) is 101 Å². The number of carbonyl (C=O) groups is 2. The number of aryl methyl sites for hydroxylation is 2. The molecule has 0 saturated carbocycles. The number of pyridine rings is 1. The number of rotatable bonds is 8. The molecule has 33 heavy (non-hydrogen) atoms. The molecule has 0 N–H and O–H groups in total. The monoisotopic (exact) mass is 439 g/mol. The van der Waals surface area contributed by atoms with Gasteiger partial charge in [-0.15, -0.1) is 0 Å². The van der Waals surface area contributed by atoms with Crippen molar-refractivity contribution in [2.45, 2.75) is 33.6 Å². The number of hydrogen-bond donors (Lipinski definition) is 0. The number of benzene rings is 2. The molecule has 2 aromatic carbocycles. The highest BCUT2D eigenvalue weighted by Gasteiger charge is 2.42. The van der Waals surface area contributed by atoms with Crippen LogP contribution in [0.2, 0.25) is 0 Å². The first-order valence-corrected chi connectivity index (χ1v) is 11.5. The van der Waals surface area contributed by atoms with Crippen LogP contribution in [0.4, 0.5) is 5.69 Å². The molecule has 0 bridgehead atoms. The smallest absolute Gasteiger partial charge is 0.282 e. The fourth-order valence-corrected chi connectivity index (χ4v) is 4.15. The SMILES string of the molecule is CCc1ccc(N2C(=O)C(c3ccc(C)cc3)=C(N(CC)CCc3ccncc3)C2=O)cc1. The minimum Gasteiger partial charge on any atom is -0.366 e. The van der Waals surface area contributed by atoms with Crippen LogP contribution in [0.25, 0.3) is 5.57 Å². The zero-order valence-electron chi connectivity index (χ0n) is 19.4. The Bertz CT molecular complexity index is 1170. The Balaban J connectivity index is 1.74. The summed E-state index contributed by atoms with van der Waals surface area (Å²) >= 11 is 0. The van der Waals surface area contributed by atoms with E-state index in [0.29, 0.717) is 30.0 Å². The molecule has 3 aromatic rings. The maximum atomic E-state index is 13.7. The summed E-state index contributed by atoms with van der Waals surface area (Å²) in [5.41, 5.74) is 5.73. The largest absolute Gasteiger partial charge is 0.366 e. The zero-order chi connectivity index (χ0) is 23.4. The lowest BCUT2D eigenvalue weighted by Crippen LogP contribution is -2.36. The summed E-state index contributed by atoms with van der Waals surface area (Å²) in [6, 6.07) is 19.4. The minimum atomic E-state index is -0.273. The maximum Gasteiger partial charge on any atom is 0.282 e. The van der Waals surface area contributed by atoms with Crippen LogP contribution in [0.15, 0.2) is 78.8 Å². The van der Waals surface area contributed by atoms with Crippen molar-refractivity contribution in [3.63, 3.8) is 0 Å². The van der Waals surface area contributed by atoms with Gasteiger partial charge in [0.15, 0.2) is 0 Å². The van der Waals surface area contributed by atoms with Gasteiger partial charge in [-0.05, 0) is 67.6 Å². The van der Waals surface area contributed by atoms with Gasteiger partial charge in [0.2, 0.25) is 0 Å². The average Bonchev–Trinajstić information content (AvgIpc) is 3.11. The van der Waals surface area contributed by atoms with E-state index in [4.69, 9.17) is 0 Å². The highest BCUT2D eigenvalue weighted by molar-refractivity contribution is 6.45. The van der Waals surface area contributed by atoms with Crippen molar-refractivity contribution in [1.29, 1.82) is 0 Å². The summed E-state index contributed by atoms with van der Waals surface area (Å²) in [6.07, 6.45) is 5.20. The summed E-state index contributed by atoms with van der Waals surface area (Å²) in [4.78, 5) is 34.8. The van der Waals surface area contributed by atoms with Crippen LogP contribution in [-0.4, -0.2) is 34.8 Å². The highest BCUT2D eigenvalue weighted by Crippen LogP contribution is 2.35. The minimum absolute atomic E-state index is 0.267. The van der Waals surface area contributed by atoms with Crippen LogP contribution >= 0.6 is 0 Å². The Kier molecular flexibility index (Phi) is 6.68. The Hall–Kier alpha value is -3.73. The molecule has 0 atom stereocenters. The highest BCUT2D eigenvalue weighted by atomic mass is 16.2. The molecule has 5 nitrogen and oxygen atoms in total. The molecule has 1 aliphatic heterocycles. The number of aromatic nitrogens is 1. The number of likely N-dealkylation sites (N-methyl/N-ethyl adjacent to an activating group) is 1. The molecule has 2 amide bonds. The van der Waals surface area contributed by atoms with Gasteiger partial charge in [-0.2, -0.15) is 0 Å². The molecule has 0 saturated heterocycles. The molecule has 1 aromatic heterocycles. The van der Waals surface area contributed by atoms with Gasteiger partial charge in [-0.25, -0.2) is 4.90 Å². The molecule has 0 fully saturated rings. The van der Waals surface area contributed by atoms with Gasteiger partial charge >= 0.3 is 0 Å². The number of anilines is 1. The Labute approximate surface area is 195 Å². The van der Waals surface area contributed by atoms with Crippen molar-refractivity contribution in [2.75, 3.05) is 18.0 Å². The summed E-state index contributed by atoms with van der Waals surface area (Å²) in [6.45, 7) is 7.36. The summed E-state index contributed by atoms with van der Waals surface area (Å²) in [5.74, 6) is -0.540. The second-order valence-corrected chi connectivity index (χ2v) is 8.24. The first-order chi connectivity index (χ1) is 16.0. The first kappa shape index (κ1) is 22.5. The van der Waals surface area contributed by atoms with Gasteiger partial charge in [0.05, 0.1) is 11.3 Å². The lowest BCUT2D eigenvalue weighted by atomic mass is 10.0. The molecule has 0 unspecified atom stereocenters. The van der Waals surface area contributed by atoms with Crippen LogP contribution in [0, 0.1) is 6.92 Å². The van der Waals surface area contributed by atoms with E-state index < -0.39 is 0 Å². The van der Waals surface area contributed by atoms with Gasteiger partial charge in [-0.1, -0.05) is 48.9 Å². The van der Waals surface area contributed by atoms with Gasteiger partial charge in [0, 0.05) is 25.5 Å². The van der Waals surface area contributed by atoms with E-state index in [9.17, 15) is 9.59 Å². The molecule has 1 aliphatic rings. The fraction of sp³-hybridized carbons (Fsp3) is 0.250. The van der Waals surface area contributed by atoms with Crippen LogP contribution in [-0.2, 0) is 22.4 Å². The third-order valence-electron chi connectivity index (χ3n) is 6.12. The van der Waals surface area contributed by atoms with E-state index in [2.05, 4.69) is 11.9 Å². The molecule has 0 aliphatic carbocycles. The van der Waals surface area contributed by atoms with Crippen molar-refractivity contribution in [3.8, 4) is 0 Å². The number of hydrogen-bond acceptors (Lipinski definition) is 4. The lowest BCUT2D eigenvalue weighted by Gasteiger charge is -2.25. The summed E-state index contributed by atoms with van der Waals surface area (Å²) in [5, 5.41) is 0. The average molecular weight is 440 g/mol. The third-order valence-corrected chi connectivity index (χ3v) is 6.12. The topological polar surface area (TPSA) is 53.5 Å². The molecular formula is C28H29N3O2. The predicted molar refractivity (Wildman–Crippen MR) is 132 cm³/mol. The van der Waals surface area contributed by atoms with E-state index in [1.807, 2.05) is 79.4 Å². The van der Waals surface area contributed by atoms with Crippen molar-refractivity contribution in [1.82, 2.24) is 9.88 Å². The third kappa shape index (κ3) is 4.58. The maximum absolute atomic E-state index is 13.7. The molecule has 0 spiro atoms. The molecule has 0 radical (unpaired) electrons. The van der Waals surface area contributed by atoms with Crippen LogP contribution in [0.5, 0.6) is 0 Å². The number of carbonyl (C=O) groups excluding carboxylic acids is 2. The molecular weight excluding hydrogens is 410 g/mol. The van der Waals surface area contributed by atoms with E-state index in [1.165, 1.54) is 4.90 Å². The standard InChI is InChI=1S/C28H29N3O2/c1-4-21-8-12-24(13-9-21)31-27(32)25(23-10-6-20(3)7-11-23)26(28(31)33)30(5-2)19-16-22-14-17-29-18-15-22/h6-15,17-18H,4-5,16,19H2,1-3H3. The second kappa shape index (κ2) is 9.82. The normalized spacial score (nSPS) is 13.7.